The number of imidazole rings is 1. The molecule has 4 aromatic rings. The van der Waals surface area contributed by atoms with Gasteiger partial charge in [-0.3, -0.25) is 14.4 Å². The van der Waals surface area contributed by atoms with E-state index in [1.165, 1.54) is 12.5 Å². The van der Waals surface area contributed by atoms with E-state index >= 15 is 0 Å². The van der Waals surface area contributed by atoms with Crippen molar-refractivity contribution in [1.82, 2.24) is 25.9 Å². The number of nitrogens with zero attached hydrogens (tertiary/aromatic N) is 1. The van der Waals surface area contributed by atoms with Gasteiger partial charge in [-0.25, -0.2) is 9.78 Å². The summed E-state index contributed by atoms with van der Waals surface area (Å²) in [5.74, 6) is -1.39. The largest absolute Gasteiger partial charge is 0.445 e. The fraction of sp³-hybridized carbons (Fsp3) is 0.378. The summed E-state index contributed by atoms with van der Waals surface area (Å²) in [6, 6.07) is 18.9. The molecule has 0 fully saturated rings. The maximum absolute atomic E-state index is 14.1. The van der Waals surface area contributed by atoms with E-state index < -0.39 is 42.1 Å². The van der Waals surface area contributed by atoms with Crippen molar-refractivity contribution in [2.24, 2.45) is 5.92 Å². The number of aliphatic hydroxyl groups is 1. The standard InChI is InChI=1S/C37H45N5O6/c1-4-29(43)20-34(44)31(17-24(2)3)40-36(46)33(19-28-21-38-23-39-28)41-35(45)32(42-37(47)48-22-25-11-6-5-7-12-25)18-27-15-10-14-26-13-8-9-16-30(26)27/h5-16,21,23-24,31-34,44H,4,17-20,22H2,1-3H3,(H,38,39)(H,40,46)(H,41,45)(H,42,47)/t31-,32-,33-,34-/m0/s1/i/hD. The summed E-state index contributed by atoms with van der Waals surface area (Å²) in [7, 11) is 0. The molecular formula is C37H45N5O6. The third-order valence-electron chi connectivity index (χ3n) is 8.02. The molecule has 11 nitrogen and oxygen atoms in total. The smallest absolute Gasteiger partial charge is 0.408 e. The minimum Gasteiger partial charge on any atom is -0.445 e. The summed E-state index contributed by atoms with van der Waals surface area (Å²) >= 11 is 0. The molecule has 4 rings (SSSR count). The molecule has 0 saturated carbocycles. The van der Waals surface area contributed by atoms with Gasteiger partial charge >= 0.3 is 6.09 Å². The van der Waals surface area contributed by atoms with Gasteiger partial charge in [0.2, 0.25) is 11.8 Å². The lowest BCUT2D eigenvalue weighted by atomic mass is 9.95. The summed E-state index contributed by atoms with van der Waals surface area (Å²) in [6.45, 7) is 5.50. The third kappa shape index (κ3) is 10.8. The molecule has 254 valence electrons. The number of hydrogen-bond donors (Lipinski definition) is 5. The number of hydrogen-bond acceptors (Lipinski definition) is 7. The van der Waals surface area contributed by atoms with Crippen molar-refractivity contribution in [3.05, 3.63) is 102 Å². The average Bonchev–Trinajstić information content (AvgIpc) is 3.62. The monoisotopic (exact) mass is 656 g/mol. The highest BCUT2D eigenvalue weighted by Gasteiger charge is 2.31. The number of fused-ring (bicyclic) bond motifs is 1. The number of aromatic amines is 1. The van der Waals surface area contributed by atoms with Crippen LogP contribution in [0.1, 0.15) is 56.9 Å². The van der Waals surface area contributed by atoms with E-state index in [0.717, 1.165) is 21.9 Å². The quantitative estimate of drug-likeness (QED) is 0.113. The van der Waals surface area contributed by atoms with Gasteiger partial charge in [0.05, 0.1) is 18.5 Å². The summed E-state index contributed by atoms with van der Waals surface area (Å²) in [6.07, 6.45) is 1.33. The van der Waals surface area contributed by atoms with Crippen molar-refractivity contribution in [3.63, 3.8) is 0 Å². The second-order valence-electron chi connectivity index (χ2n) is 12.3. The Morgan fingerprint density at radius 2 is 1.62 bits per heavy atom. The summed E-state index contributed by atoms with van der Waals surface area (Å²) in [4.78, 5) is 60.3. The van der Waals surface area contributed by atoms with Crippen LogP contribution in [0.3, 0.4) is 0 Å². The van der Waals surface area contributed by atoms with Crippen LogP contribution in [0.15, 0.2) is 85.3 Å². The van der Waals surface area contributed by atoms with Crippen LogP contribution < -0.4 is 15.9 Å². The van der Waals surface area contributed by atoms with E-state index in [4.69, 9.17) is 6.15 Å². The van der Waals surface area contributed by atoms with Crippen LogP contribution >= 0.6 is 0 Å². The number of aromatic nitrogens is 2. The molecule has 1 heterocycles. The summed E-state index contributed by atoms with van der Waals surface area (Å²) in [5.41, 5.74) is 1.99. The van der Waals surface area contributed by atoms with E-state index in [1.54, 1.807) is 31.2 Å². The molecule has 11 heteroatoms. The summed E-state index contributed by atoms with van der Waals surface area (Å²) in [5, 5.41) is 18.8. The Hall–Kier alpha value is -5.03. The van der Waals surface area contributed by atoms with Crippen LogP contribution in [-0.2, 0) is 38.6 Å². The van der Waals surface area contributed by atoms with Crippen LogP contribution in [0.5, 0.6) is 0 Å². The Bertz CT molecular complexity index is 1680. The highest BCUT2D eigenvalue weighted by atomic mass is 16.5. The minimum absolute atomic E-state index is 0.00734. The molecule has 48 heavy (non-hydrogen) atoms. The topological polar surface area (TPSA) is 163 Å². The van der Waals surface area contributed by atoms with Crippen LogP contribution in [0.2, 0.25) is 1.41 Å². The molecule has 0 aliphatic carbocycles. The Labute approximate surface area is 282 Å². The SMILES string of the molecule is [2H]N(C(=O)OCc1ccccc1)[C@@H](Cc1cccc2ccccc12)C(=O)N[C@@H](Cc1cnc[nH]1)C(=O)N[C@@H](CC(C)C)[C@@H](O)CC(=O)CC. The van der Waals surface area contributed by atoms with Gasteiger partial charge in [-0.05, 0) is 34.2 Å². The average molecular weight is 657 g/mol. The van der Waals surface area contributed by atoms with Gasteiger partial charge in [0.15, 0.2) is 1.41 Å². The molecule has 3 amide bonds. The minimum atomic E-state index is -1.38. The Morgan fingerprint density at radius 3 is 2.33 bits per heavy atom. The van der Waals surface area contributed by atoms with Gasteiger partial charge in [0, 0.05) is 37.6 Å². The van der Waals surface area contributed by atoms with Crippen molar-refractivity contribution in [2.75, 3.05) is 0 Å². The number of Topliss-reactive ketones (excluding diaryl/α,β-unsaturated/α-hetero) is 1. The first-order valence-electron chi connectivity index (χ1n) is 16.7. The molecular weight excluding hydrogens is 610 g/mol. The zero-order chi connectivity index (χ0) is 35.3. The van der Waals surface area contributed by atoms with E-state index in [1.807, 2.05) is 62.4 Å². The predicted molar refractivity (Wildman–Crippen MR) is 183 cm³/mol. The molecule has 0 saturated heterocycles. The number of carbonyl (C=O) groups is 4. The van der Waals surface area contributed by atoms with Crippen molar-refractivity contribution >= 4 is 34.5 Å². The number of ether oxygens (including phenoxy) is 1. The number of rotatable bonds is 17. The zero-order valence-electron chi connectivity index (χ0n) is 28.6. The molecule has 0 bridgehead atoms. The van der Waals surface area contributed by atoms with E-state index in [2.05, 4.69) is 20.6 Å². The third-order valence-corrected chi connectivity index (χ3v) is 8.02. The first-order valence-corrected chi connectivity index (χ1v) is 16.3. The van der Waals surface area contributed by atoms with E-state index in [-0.39, 0.29) is 44.0 Å². The number of carbonyl (C=O) groups excluding carboxylic acids is 4. The molecule has 0 unspecified atom stereocenters. The molecule has 0 aliphatic rings. The number of benzene rings is 3. The number of amides is 3. The molecule has 1 aromatic heterocycles. The van der Waals surface area contributed by atoms with Crippen molar-refractivity contribution < 1.29 is 30.4 Å². The maximum Gasteiger partial charge on any atom is 0.408 e. The number of ketones is 1. The van der Waals surface area contributed by atoms with Crippen molar-refractivity contribution in [2.45, 2.75) is 83.7 Å². The molecule has 4 atom stereocenters. The number of aliphatic hydroxyl groups excluding tert-OH is 1. The normalized spacial score (nSPS) is 14.0. The second kappa shape index (κ2) is 17.8. The molecule has 5 N–H and O–H groups in total. The Morgan fingerprint density at radius 1 is 0.917 bits per heavy atom. The second-order valence-corrected chi connectivity index (χ2v) is 12.3. The number of alkyl carbamates (subject to hydrolysis) is 1. The fourth-order valence-electron chi connectivity index (χ4n) is 5.48. The van der Waals surface area contributed by atoms with Gasteiger partial charge in [-0.2, -0.15) is 0 Å². The van der Waals surface area contributed by atoms with E-state index in [0.29, 0.717) is 17.4 Å². The van der Waals surface area contributed by atoms with Crippen molar-refractivity contribution in [1.29, 1.82) is 0 Å². The van der Waals surface area contributed by atoms with E-state index in [9.17, 15) is 24.3 Å². The fourth-order valence-corrected chi connectivity index (χ4v) is 5.48. The van der Waals surface area contributed by atoms with Gasteiger partial charge in [-0.15, -0.1) is 0 Å². The maximum atomic E-state index is 14.1. The first-order chi connectivity index (χ1) is 23.5. The number of nitrogens with one attached hydrogen (secondary N) is 4. The molecule has 3 aromatic carbocycles. The summed E-state index contributed by atoms with van der Waals surface area (Å²) < 4.78 is 14.2. The molecule has 0 aliphatic heterocycles. The van der Waals surface area contributed by atoms with Crippen LogP contribution in [0.25, 0.3) is 10.8 Å². The van der Waals surface area contributed by atoms with Crippen LogP contribution in [-0.4, -0.2) is 63.0 Å². The number of H-pyrrole nitrogens is 1. The molecule has 0 spiro atoms. The highest BCUT2D eigenvalue weighted by molar-refractivity contribution is 5.93. The first kappa shape index (κ1) is 34.3. The lowest BCUT2D eigenvalue weighted by molar-refractivity contribution is -0.131. The van der Waals surface area contributed by atoms with Gasteiger partial charge in [0.1, 0.15) is 24.5 Å². The predicted octanol–water partition coefficient (Wildman–Crippen LogP) is 4.39. The van der Waals surface area contributed by atoms with Crippen LogP contribution in [0, 0.1) is 5.92 Å². The van der Waals surface area contributed by atoms with Crippen LogP contribution in [0.4, 0.5) is 4.79 Å². The lowest BCUT2D eigenvalue weighted by Gasteiger charge is -2.28. The molecule has 0 radical (unpaired) electrons. The Kier molecular flexibility index (Phi) is 12.7. The zero-order valence-corrected chi connectivity index (χ0v) is 27.6. The van der Waals surface area contributed by atoms with Gasteiger partial charge < -0.3 is 30.8 Å². The lowest BCUT2D eigenvalue weighted by Crippen LogP contribution is -2.57. The Balaban J connectivity index is 1.61. The van der Waals surface area contributed by atoms with Gasteiger partial charge in [-0.1, -0.05) is 93.6 Å². The highest BCUT2D eigenvalue weighted by Crippen LogP contribution is 2.20. The van der Waals surface area contributed by atoms with Crippen molar-refractivity contribution in [3.8, 4) is 0 Å². The van der Waals surface area contributed by atoms with Gasteiger partial charge in [0.25, 0.3) is 0 Å².